The van der Waals surface area contributed by atoms with Gasteiger partial charge in [-0.2, -0.15) is 0 Å². The smallest absolute Gasteiger partial charge is 0.303 e. The Hall–Kier alpha value is -3.60. The summed E-state index contributed by atoms with van der Waals surface area (Å²) in [6, 6.07) is 9.95. The summed E-state index contributed by atoms with van der Waals surface area (Å²) >= 11 is 0. The molecule has 1 aromatic heterocycles. The summed E-state index contributed by atoms with van der Waals surface area (Å²) in [4.78, 5) is 38.2. The molecule has 0 bridgehead atoms. The Bertz CT molecular complexity index is 1190. The van der Waals surface area contributed by atoms with Crippen LogP contribution in [-0.4, -0.2) is 89.0 Å². The molecule has 1 aliphatic rings. The summed E-state index contributed by atoms with van der Waals surface area (Å²) in [5.41, 5.74) is 10.1. The molecule has 210 valence electrons. The van der Waals surface area contributed by atoms with E-state index in [-0.39, 0.29) is 31.6 Å². The molecule has 10 nitrogen and oxygen atoms in total. The van der Waals surface area contributed by atoms with Crippen molar-refractivity contribution in [1.29, 1.82) is 0 Å². The van der Waals surface area contributed by atoms with Crippen molar-refractivity contribution in [2.45, 2.75) is 46.0 Å². The van der Waals surface area contributed by atoms with Crippen LogP contribution < -0.4 is 10.6 Å². The van der Waals surface area contributed by atoms with Gasteiger partial charge in [-0.3, -0.25) is 19.5 Å². The summed E-state index contributed by atoms with van der Waals surface area (Å²) in [6.07, 6.45) is 6.07. The van der Waals surface area contributed by atoms with Gasteiger partial charge in [0.15, 0.2) is 0 Å². The number of nitrogens with zero attached hydrogens (tertiary/aromatic N) is 5. The van der Waals surface area contributed by atoms with Gasteiger partial charge in [0, 0.05) is 64.2 Å². The van der Waals surface area contributed by atoms with Crippen LogP contribution in [0.1, 0.15) is 42.5 Å². The van der Waals surface area contributed by atoms with Gasteiger partial charge in [-0.1, -0.05) is 24.3 Å². The molecular formula is C29H40N6O4. The molecule has 0 aliphatic carbocycles. The summed E-state index contributed by atoms with van der Waals surface area (Å²) < 4.78 is 0. The van der Waals surface area contributed by atoms with Crippen LogP contribution in [0.15, 0.2) is 47.6 Å². The van der Waals surface area contributed by atoms with E-state index in [9.17, 15) is 14.7 Å². The highest BCUT2D eigenvalue weighted by atomic mass is 16.4. The number of likely N-dealkylation sites (N-methyl/N-ethyl adjacent to an activating group) is 1. The topological polar surface area (TPSA) is 136 Å². The second-order valence-electron chi connectivity index (χ2n) is 9.71. The number of aromatic nitrogens is 1. The predicted molar refractivity (Wildman–Crippen MR) is 153 cm³/mol. The molecular weight excluding hydrogens is 496 g/mol. The number of aliphatic hydroxyl groups excluding tert-OH is 1. The van der Waals surface area contributed by atoms with E-state index in [4.69, 9.17) is 15.8 Å². The number of aliphatic carboxylic acids is 1. The maximum Gasteiger partial charge on any atom is 0.303 e. The highest BCUT2D eigenvalue weighted by Crippen LogP contribution is 2.22. The molecule has 1 fully saturated rings. The van der Waals surface area contributed by atoms with Gasteiger partial charge in [-0.05, 0) is 54.7 Å². The van der Waals surface area contributed by atoms with E-state index >= 15 is 0 Å². The number of allylic oxidation sites excluding steroid dienone is 2. The highest BCUT2D eigenvalue weighted by Gasteiger charge is 2.23. The minimum atomic E-state index is -0.851. The van der Waals surface area contributed by atoms with Crippen molar-refractivity contribution in [3.8, 4) is 0 Å². The van der Waals surface area contributed by atoms with Crippen LogP contribution in [0.4, 0.5) is 5.82 Å². The largest absolute Gasteiger partial charge is 0.481 e. The molecule has 39 heavy (non-hydrogen) atoms. The number of rotatable bonds is 12. The molecule has 2 aromatic rings. The SMILES string of the molecule is C/C=C(\C=N/C(C)N1CCN(c2ncc(CCC(=O)O)cc2CO)CC1)c1cccc(CN(C)C(=O)CN)c1. The molecule has 0 spiro atoms. The van der Waals surface area contributed by atoms with Crippen molar-refractivity contribution >= 4 is 29.5 Å². The Labute approximate surface area is 230 Å². The second kappa shape index (κ2) is 14.5. The van der Waals surface area contributed by atoms with Crippen molar-refractivity contribution in [1.82, 2.24) is 14.8 Å². The number of carbonyl (C=O) groups excluding carboxylic acids is 1. The fourth-order valence-electron chi connectivity index (χ4n) is 4.61. The second-order valence-corrected chi connectivity index (χ2v) is 9.71. The van der Waals surface area contributed by atoms with E-state index in [0.29, 0.717) is 13.0 Å². The van der Waals surface area contributed by atoms with Crippen molar-refractivity contribution in [2.24, 2.45) is 10.7 Å². The quantitative estimate of drug-likeness (QED) is 0.351. The number of amides is 1. The highest BCUT2D eigenvalue weighted by molar-refractivity contribution is 6.09. The minimum Gasteiger partial charge on any atom is -0.481 e. The molecule has 1 atom stereocenters. The zero-order valence-electron chi connectivity index (χ0n) is 23.1. The number of piperazine rings is 1. The molecule has 1 amide bonds. The third-order valence-electron chi connectivity index (χ3n) is 6.96. The summed E-state index contributed by atoms with van der Waals surface area (Å²) in [5.74, 6) is -0.197. The number of benzene rings is 1. The van der Waals surface area contributed by atoms with Gasteiger partial charge in [-0.15, -0.1) is 0 Å². The third-order valence-corrected chi connectivity index (χ3v) is 6.96. The van der Waals surface area contributed by atoms with Gasteiger partial charge in [0.25, 0.3) is 0 Å². The zero-order chi connectivity index (χ0) is 28.4. The first-order valence-electron chi connectivity index (χ1n) is 13.3. The Balaban J connectivity index is 1.59. The number of pyridine rings is 1. The van der Waals surface area contributed by atoms with Gasteiger partial charge in [0.1, 0.15) is 5.82 Å². The van der Waals surface area contributed by atoms with Crippen molar-refractivity contribution in [3.63, 3.8) is 0 Å². The number of hydrogen-bond acceptors (Lipinski definition) is 8. The molecule has 4 N–H and O–H groups in total. The van der Waals surface area contributed by atoms with E-state index in [0.717, 1.165) is 59.8 Å². The number of carboxylic acids is 1. The maximum absolute atomic E-state index is 11.8. The van der Waals surface area contributed by atoms with E-state index in [1.165, 1.54) is 0 Å². The average molecular weight is 537 g/mol. The number of nitrogens with two attached hydrogens (primary N) is 1. The molecule has 1 unspecified atom stereocenters. The van der Waals surface area contributed by atoms with Crippen LogP contribution >= 0.6 is 0 Å². The van der Waals surface area contributed by atoms with E-state index in [2.05, 4.69) is 27.8 Å². The Morgan fingerprint density at radius 2 is 1.95 bits per heavy atom. The van der Waals surface area contributed by atoms with Crippen molar-refractivity contribution in [2.75, 3.05) is 44.7 Å². The number of carboxylic acid groups (broad SMARTS) is 1. The Morgan fingerprint density at radius 1 is 1.21 bits per heavy atom. The molecule has 1 aliphatic heterocycles. The first-order valence-corrected chi connectivity index (χ1v) is 13.3. The van der Waals surface area contributed by atoms with Crippen molar-refractivity contribution < 1.29 is 19.8 Å². The van der Waals surface area contributed by atoms with Crippen LogP contribution in [0.25, 0.3) is 5.57 Å². The summed E-state index contributed by atoms with van der Waals surface area (Å²) in [5, 5.41) is 18.8. The summed E-state index contributed by atoms with van der Waals surface area (Å²) in [7, 11) is 1.75. The molecule has 3 rings (SSSR count). The van der Waals surface area contributed by atoms with Crippen LogP contribution in [0.3, 0.4) is 0 Å². The average Bonchev–Trinajstić information content (AvgIpc) is 2.95. The van der Waals surface area contributed by atoms with Gasteiger partial charge in [-0.25, -0.2) is 4.98 Å². The van der Waals surface area contributed by atoms with Crippen LogP contribution in [0.2, 0.25) is 0 Å². The Kier molecular flexibility index (Phi) is 11.2. The molecule has 0 radical (unpaired) electrons. The lowest BCUT2D eigenvalue weighted by Gasteiger charge is -2.37. The Morgan fingerprint density at radius 3 is 2.59 bits per heavy atom. The minimum absolute atomic E-state index is 0.00486. The van der Waals surface area contributed by atoms with E-state index in [1.54, 1.807) is 18.1 Å². The number of anilines is 1. The molecule has 10 heteroatoms. The monoisotopic (exact) mass is 536 g/mol. The molecule has 1 aromatic carbocycles. The van der Waals surface area contributed by atoms with E-state index < -0.39 is 5.97 Å². The van der Waals surface area contributed by atoms with Crippen LogP contribution in [-0.2, 0) is 29.2 Å². The lowest BCUT2D eigenvalue weighted by atomic mass is 10.0. The zero-order valence-corrected chi connectivity index (χ0v) is 23.1. The first-order chi connectivity index (χ1) is 18.7. The molecule has 2 heterocycles. The number of aliphatic hydroxyl groups is 1. The number of hydrogen-bond donors (Lipinski definition) is 3. The molecule has 0 saturated carbocycles. The summed E-state index contributed by atoms with van der Waals surface area (Å²) in [6.45, 7) is 7.52. The van der Waals surface area contributed by atoms with Gasteiger partial charge in [0.05, 0.1) is 19.3 Å². The van der Waals surface area contributed by atoms with E-state index in [1.807, 2.05) is 43.5 Å². The standard InChI is InChI=1S/C29H40N6O4/c1-4-24(25-7-5-6-23(15-25)19-33(3)27(37)16-30)18-31-21(2)34-10-12-35(13-11-34)29-26(20-36)14-22(17-32-29)8-9-28(38)39/h4-7,14-15,17-18,21,36H,8-13,16,19-20,30H2,1-3H3,(H,38,39)/b24-4+,31-18-. The third kappa shape index (κ3) is 8.44. The lowest BCUT2D eigenvalue weighted by Crippen LogP contribution is -2.49. The first kappa shape index (κ1) is 29.9. The predicted octanol–water partition coefficient (Wildman–Crippen LogP) is 2.15. The molecule has 1 saturated heterocycles. The van der Waals surface area contributed by atoms with Gasteiger partial charge >= 0.3 is 5.97 Å². The lowest BCUT2D eigenvalue weighted by molar-refractivity contribution is -0.137. The number of aliphatic imine (C=N–C) groups is 1. The fourth-order valence-corrected chi connectivity index (χ4v) is 4.61. The van der Waals surface area contributed by atoms with Crippen molar-refractivity contribution in [3.05, 3.63) is 64.9 Å². The maximum atomic E-state index is 11.8. The normalized spacial score (nSPS) is 15.5. The fraction of sp³-hybridized carbons (Fsp3) is 0.448. The number of aryl methyl sites for hydroxylation is 1. The number of carbonyl (C=O) groups is 2. The van der Waals surface area contributed by atoms with Gasteiger partial charge < -0.3 is 25.7 Å². The van der Waals surface area contributed by atoms with Crippen LogP contribution in [0, 0.1) is 0 Å². The van der Waals surface area contributed by atoms with Gasteiger partial charge in [0.2, 0.25) is 5.91 Å². The van der Waals surface area contributed by atoms with Crippen LogP contribution in [0.5, 0.6) is 0 Å².